The predicted octanol–water partition coefficient (Wildman–Crippen LogP) is 11.8. The van der Waals surface area contributed by atoms with E-state index >= 15 is 0 Å². The van der Waals surface area contributed by atoms with Crippen LogP contribution in [-0.4, -0.2) is 12.8 Å². The van der Waals surface area contributed by atoms with Crippen molar-refractivity contribution in [3.8, 4) is 0 Å². The molecule has 3 aliphatic heterocycles. The molecule has 6 aliphatic rings. The van der Waals surface area contributed by atoms with Crippen LogP contribution >= 0.6 is 0 Å². The Bertz CT molecular complexity index is 2160. The Morgan fingerprint density at radius 3 is 1.58 bits per heavy atom. The summed E-state index contributed by atoms with van der Waals surface area (Å²) in [6.07, 6.45) is 5.21. The minimum atomic E-state index is 0.0158. The zero-order valence-corrected chi connectivity index (χ0v) is 34.4. The van der Waals surface area contributed by atoms with E-state index in [1.54, 1.807) is 0 Å². The molecule has 0 N–H and O–H groups in total. The van der Waals surface area contributed by atoms with Crippen LogP contribution in [0.1, 0.15) is 124 Å². The molecule has 3 fully saturated rings. The van der Waals surface area contributed by atoms with Gasteiger partial charge < -0.3 is 14.5 Å². The van der Waals surface area contributed by atoms with E-state index < -0.39 is 0 Å². The molecule has 3 nitrogen and oxygen atoms in total. The Balaban J connectivity index is 1.35. The zero-order chi connectivity index (χ0) is 37.6. The number of hydrogen-bond donors (Lipinski definition) is 0. The largest absolute Gasteiger partial charge is 0.501 e. The average molecular weight is 703 g/mol. The first-order chi connectivity index (χ1) is 24.8. The van der Waals surface area contributed by atoms with E-state index in [9.17, 15) is 0 Å². The average Bonchev–Trinajstić information content (AvgIpc) is 3.51. The molecular weight excluding hydrogens is 643 g/mol. The highest BCUT2D eigenvalue weighted by Crippen LogP contribution is 2.67. The summed E-state index contributed by atoms with van der Waals surface area (Å²) in [4.78, 5) is 5.22. The van der Waals surface area contributed by atoms with Crippen molar-refractivity contribution in [2.24, 2.45) is 16.7 Å². The standard InChI is InChI=1S/C49H59BN2O/c1-30-27-38-41-39(28-30)52(35-20-15-32(16-21-35)46(5,6)7)42-40-43(49(12)25-23-48(40,11)24-26-49)53-44(42)50(41)36-29-33(47(8,9)10)17-22-37(36)51(38)34-18-13-31(14-19-34)45(2,3)4/h13-22,27-29,40,43H,23-26H2,1-12H3. The summed E-state index contributed by atoms with van der Waals surface area (Å²) in [6, 6.07) is 31.1. The van der Waals surface area contributed by atoms with Gasteiger partial charge in [0.2, 0.25) is 0 Å². The van der Waals surface area contributed by atoms with Gasteiger partial charge in [-0.3, -0.25) is 0 Å². The number of benzene rings is 4. The van der Waals surface area contributed by atoms with Gasteiger partial charge in [0, 0.05) is 39.8 Å². The minimum absolute atomic E-state index is 0.0158. The Morgan fingerprint density at radius 2 is 1.06 bits per heavy atom. The third-order valence-electron chi connectivity index (χ3n) is 14.1. The smallest absolute Gasteiger partial charge is 0.295 e. The van der Waals surface area contributed by atoms with Gasteiger partial charge >= 0.3 is 0 Å². The first kappa shape index (κ1) is 34.8. The van der Waals surface area contributed by atoms with Crippen molar-refractivity contribution in [3.05, 3.63) is 112 Å². The lowest BCUT2D eigenvalue weighted by Crippen LogP contribution is -2.57. The van der Waals surface area contributed by atoms with Crippen molar-refractivity contribution in [1.82, 2.24) is 0 Å². The highest BCUT2D eigenvalue weighted by atomic mass is 16.5. The van der Waals surface area contributed by atoms with Gasteiger partial charge in [0.25, 0.3) is 6.71 Å². The quantitative estimate of drug-likeness (QED) is 0.193. The molecule has 3 aliphatic carbocycles. The molecule has 2 unspecified atom stereocenters. The van der Waals surface area contributed by atoms with Gasteiger partial charge in [-0.1, -0.05) is 113 Å². The number of nitrogens with zero attached hydrogens (tertiary/aromatic N) is 2. The number of aryl methyl sites for hydroxylation is 1. The molecule has 274 valence electrons. The summed E-state index contributed by atoms with van der Waals surface area (Å²) in [5, 5.41) is 0. The van der Waals surface area contributed by atoms with Gasteiger partial charge in [-0.25, -0.2) is 0 Å². The van der Waals surface area contributed by atoms with Crippen molar-refractivity contribution in [2.45, 2.75) is 131 Å². The van der Waals surface area contributed by atoms with Gasteiger partial charge in [-0.2, -0.15) is 0 Å². The third-order valence-corrected chi connectivity index (χ3v) is 14.1. The maximum Gasteiger partial charge on any atom is 0.295 e. The van der Waals surface area contributed by atoms with Crippen LogP contribution < -0.4 is 20.7 Å². The molecule has 3 saturated carbocycles. The number of hydrogen-bond acceptors (Lipinski definition) is 3. The van der Waals surface area contributed by atoms with Crippen molar-refractivity contribution in [3.63, 3.8) is 0 Å². The topological polar surface area (TPSA) is 15.7 Å². The van der Waals surface area contributed by atoms with E-state index in [1.165, 1.54) is 98.7 Å². The first-order valence-corrected chi connectivity index (χ1v) is 20.3. The molecule has 4 aromatic rings. The monoisotopic (exact) mass is 702 g/mol. The normalized spacial score (nSPS) is 25.9. The fourth-order valence-corrected chi connectivity index (χ4v) is 10.6. The summed E-state index contributed by atoms with van der Waals surface area (Å²) in [7, 11) is 0. The maximum absolute atomic E-state index is 7.68. The summed E-state index contributed by atoms with van der Waals surface area (Å²) in [5.74, 6) is 0.349. The van der Waals surface area contributed by atoms with Crippen LogP contribution in [0, 0.1) is 23.7 Å². The highest BCUT2D eigenvalue weighted by Gasteiger charge is 2.65. The fourth-order valence-electron chi connectivity index (χ4n) is 10.6. The Morgan fingerprint density at radius 1 is 0.585 bits per heavy atom. The van der Waals surface area contributed by atoms with E-state index in [2.05, 4.69) is 172 Å². The maximum atomic E-state index is 7.68. The number of rotatable bonds is 2. The lowest BCUT2D eigenvalue weighted by Gasteiger charge is -2.58. The van der Waals surface area contributed by atoms with Crippen molar-refractivity contribution >= 4 is 46.1 Å². The first-order valence-electron chi connectivity index (χ1n) is 20.3. The second-order valence-electron chi connectivity index (χ2n) is 21.0. The molecule has 4 aromatic carbocycles. The summed E-state index contributed by atoms with van der Waals surface area (Å²) >= 11 is 0. The molecule has 0 saturated heterocycles. The van der Waals surface area contributed by atoms with Gasteiger partial charge in [-0.15, -0.1) is 0 Å². The van der Waals surface area contributed by atoms with Crippen LogP contribution in [0.4, 0.5) is 28.4 Å². The molecular formula is C49H59BN2O. The molecule has 0 amide bonds. The van der Waals surface area contributed by atoms with E-state index in [4.69, 9.17) is 4.74 Å². The van der Waals surface area contributed by atoms with Gasteiger partial charge in [0.15, 0.2) is 0 Å². The van der Waals surface area contributed by atoms with Crippen molar-refractivity contribution in [2.75, 3.05) is 9.80 Å². The molecule has 53 heavy (non-hydrogen) atoms. The lowest BCUT2D eigenvalue weighted by molar-refractivity contribution is -0.127. The van der Waals surface area contributed by atoms with E-state index in [0.717, 1.165) is 0 Å². The second kappa shape index (κ2) is 11.1. The zero-order valence-electron chi connectivity index (χ0n) is 34.4. The van der Waals surface area contributed by atoms with E-state index in [1.807, 2.05) is 0 Å². The Labute approximate surface area is 319 Å². The van der Waals surface area contributed by atoms with Crippen LogP contribution in [0.5, 0.6) is 0 Å². The third kappa shape index (κ3) is 5.13. The lowest BCUT2D eigenvalue weighted by atomic mass is 9.35. The molecule has 10 rings (SSSR count). The Hall–Kier alpha value is -3.92. The molecule has 0 aromatic heterocycles. The number of fused-ring (bicyclic) bond motifs is 5. The molecule has 0 spiro atoms. The van der Waals surface area contributed by atoms with Crippen molar-refractivity contribution in [1.29, 1.82) is 0 Å². The fraction of sp³-hybridized carbons (Fsp3) is 0.469. The predicted molar refractivity (Wildman–Crippen MR) is 226 cm³/mol. The van der Waals surface area contributed by atoms with Gasteiger partial charge in [-0.05, 0) is 130 Å². The minimum Gasteiger partial charge on any atom is -0.501 e. The van der Waals surface area contributed by atoms with Gasteiger partial charge in [0.05, 0.1) is 11.4 Å². The van der Waals surface area contributed by atoms with Crippen molar-refractivity contribution < 1.29 is 4.74 Å². The van der Waals surface area contributed by atoms with Crippen LogP contribution in [0.25, 0.3) is 0 Å². The number of anilines is 5. The molecule has 3 heterocycles. The summed E-state index contributed by atoms with van der Waals surface area (Å²) < 4.78 is 7.68. The highest BCUT2D eigenvalue weighted by molar-refractivity contribution is 6.94. The second-order valence-corrected chi connectivity index (χ2v) is 21.0. The molecule has 4 heteroatoms. The Kier molecular flexibility index (Phi) is 7.28. The SMILES string of the molecule is Cc1cc2c3c(c1)N(c1ccc(C(C)(C)C)cc1)c1ccc(C(C)(C)C)cc1B3C1=C(C3C(O1)C1(C)CCC3(C)CC1)N2c1ccc(C(C)(C)C)cc1. The van der Waals surface area contributed by atoms with Crippen LogP contribution in [-0.2, 0) is 21.0 Å². The molecule has 2 atom stereocenters. The van der Waals surface area contributed by atoms with E-state index in [-0.39, 0.29) is 39.9 Å². The molecule has 2 bridgehead atoms. The van der Waals surface area contributed by atoms with Crippen LogP contribution in [0.3, 0.4) is 0 Å². The summed E-state index contributed by atoms with van der Waals surface area (Å²) in [6.45, 7) is 28.3. The van der Waals surface area contributed by atoms with Gasteiger partial charge in [0.1, 0.15) is 6.10 Å². The number of ether oxygens (including phenoxy) is 1. The van der Waals surface area contributed by atoms with E-state index in [0.29, 0.717) is 5.92 Å². The summed E-state index contributed by atoms with van der Waals surface area (Å²) in [5.41, 5.74) is 17.6. The molecule has 0 radical (unpaired) electrons. The van der Waals surface area contributed by atoms with Crippen LogP contribution in [0.15, 0.2) is 90.2 Å². The van der Waals surface area contributed by atoms with Crippen LogP contribution in [0.2, 0.25) is 0 Å².